The molecule has 0 radical (unpaired) electrons. The van der Waals surface area contributed by atoms with Crippen LogP contribution in [0.25, 0.3) is 0 Å². The Morgan fingerprint density at radius 3 is 2.29 bits per heavy atom. The number of anilines is 1. The van der Waals surface area contributed by atoms with Crippen molar-refractivity contribution in [3.63, 3.8) is 0 Å². The molecular formula is C16H23N2O3+. The minimum Gasteiger partial charge on any atom is -0.364 e. The number of carbonyl (C=O) groups is 2. The first-order chi connectivity index (χ1) is 9.94. The zero-order valence-electron chi connectivity index (χ0n) is 12.8. The second-order valence-electron chi connectivity index (χ2n) is 5.77. The van der Waals surface area contributed by atoms with Gasteiger partial charge in [0, 0.05) is 11.3 Å². The maximum absolute atomic E-state index is 12.1. The third-order valence-corrected chi connectivity index (χ3v) is 3.60. The number of nitrogens with one attached hydrogen (secondary N) is 2. The Morgan fingerprint density at radius 2 is 1.76 bits per heavy atom. The van der Waals surface area contributed by atoms with Gasteiger partial charge in [-0.15, -0.1) is 0 Å². The van der Waals surface area contributed by atoms with E-state index in [1.54, 1.807) is 24.3 Å². The molecular weight excluding hydrogens is 268 g/mol. The van der Waals surface area contributed by atoms with Crippen molar-refractivity contribution in [1.29, 1.82) is 0 Å². The molecule has 1 aromatic rings. The highest BCUT2D eigenvalue weighted by Crippen LogP contribution is 2.09. The predicted octanol–water partition coefficient (Wildman–Crippen LogP) is 0.520. The van der Waals surface area contributed by atoms with Gasteiger partial charge >= 0.3 is 0 Å². The Kier molecular flexibility index (Phi) is 5.09. The molecule has 1 aromatic carbocycles. The molecule has 1 aliphatic heterocycles. The summed E-state index contributed by atoms with van der Waals surface area (Å²) < 4.78 is 5.67. The van der Waals surface area contributed by atoms with Gasteiger partial charge in [0.1, 0.15) is 25.3 Å². The second-order valence-corrected chi connectivity index (χ2v) is 5.77. The SMILES string of the molecule is CC(=O)c1ccc(NC(=O)C[NH+]2C[C@@H](C)O[C@H](C)C2)cc1. The van der Waals surface area contributed by atoms with Crippen molar-refractivity contribution in [3.8, 4) is 0 Å². The van der Waals surface area contributed by atoms with E-state index >= 15 is 0 Å². The normalized spacial score (nSPS) is 25.4. The Labute approximate surface area is 125 Å². The molecule has 0 spiro atoms. The maximum Gasteiger partial charge on any atom is 0.279 e. The summed E-state index contributed by atoms with van der Waals surface area (Å²) >= 11 is 0. The van der Waals surface area contributed by atoms with Crippen LogP contribution in [0.2, 0.25) is 0 Å². The van der Waals surface area contributed by atoms with E-state index in [1.165, 1.54) is 11.8 Å². The predicted molar refractivity (Wildman–Crippen MR) is 80.6 cm³/mol. The summed E-state index contributed by atoms with van der Waals surface area (Å²) in [5, 5.41) is 2.87. The Hall–Kier alpha value is -1.72. The first kappa shape index (κ1) is 15.7. The number of Topliss-reactive ketones (excluding diaryl/α,β-unsaturated/α-hetero) is 1. The van der Waals surface area contributed by atoms with E-state index in [-0.39, 0.29) is 23.9 Å². The molecule has 2 atom stereocenters. The summed E-state index contributed by atoms with van der Waals surface area (Å²) in [5.41, 5.74) is 1.37. The molecule has 2 N–H and O–H groups in total. The van der Waals surface area contributed by atoms with E-state index < -0.39 is 0 Å². The molecule has 0 bridgehead atoms. The standard InChI is InChI=1S/C16H22N2O3/c1-11-8-18(9-12(2)21-11)10-16(20)17-15-6-4-14(5-7-15)13(3)19/h4-7,11-12H,8-10H2,1-3H3,(H,17,20)/p+1/t11-,12-/m1/s1. The minimum absolute atomic E-state index is 0.0122. The van der Waals surface area contributed by atoms with Gasteiger partial charge in [0.05, 0.1) is 0 Å². The van der Waals surface area contributed by atoms with Crippen molar-refractivity contribution in [2.45, 2.75) is 33.0 Å². The molecule has 2 rings (SSSR count). The van der Waals surface area contributed by atoms with Gasteiger partial charge in [0.15, 0.2) is 12.3 Å². The molecule has 1 saturated heterocycles. The number of morpholine rings is 1. The van der Waals surface area contributed by atoms with Crippen molar-refractivity contribution in [2.24, 2.45) is 0 Å². The number of rotatable bonds is 4. The second kappa shape index (κ2) is 6.83. The van der Waals surface area contributed by atoms with Gasteiger partial charge in [-0.3, -0.25) is 9.59 Å². The van der Waals surface area contributed by atoms with Crippen LogP contribution in [-0.2, 0) is 9.53 Å². The molecule has 5 nitrogen and oxygen atoms in total. The lowest BCUT2D eigenvalue weighted by Gasteiger charge is -2.31. The molecule has 114 valence electrons. The molecule has 0 saturated carbocycles. The highest BCUT2D eigenvalue weighted by Gasteiger charge is 2.27. The van der Waals surface area contributed by atoms with Crippen LogP contribution in [0.1, 0.15) is 31.1 Å². The van der Waals surface area contributed by atoms with Crippen LogP contribution in [0.5, 0.6) is 0 Å². The molecule has 1 aliphatic rings. The lowest BCUT2D eigenvalue weighted by Crippen LogP contribution is -3.16. The van der Waals surface area contributed by atoms with Crippen LogP contribution < -0.4 is 10.2 Å². The van der Waals surface area contributed by atoms with Crippen LogP contribution in [0, 0.1) is 0 Å². The topological polar surface area (TPSA) is 59.8 Å². The fourth-order valence-electron chi connectivity index (χ4n) is 2.75. The zero-order valence-corrected chi connectivity index (χ0v) is 12.8. The summed E-state index contributed by atoms with van der Waals surface area (Å²) in [6.45, 7) is 7.73. The number of hydrogen-bond donors (Lipinski definition) is 2. The number of ether oxygens (including phenoxy) is 1. The van der Waals surface area contributed by atoms with E-state index in [2.05, 4.69) is 5.32 Å². The average molecular weight is 291 g/mol. The Balaban J connectivity index is 1.88. The van der Waals surface area contributed by atoms with Crippen molar-refractivity contribution in [1.82, 2.24) is 0 Å². The molecule has 0 aromatic heterocycles. The monoisotopic (exact) mass is 291 g/mol. The van der Waals surface area contributed by atoms with Crippen molar-refractivity contribution in [2.75, 3.05) is 25.0 Å². The van der Waals surface area contributed by atoms with Gasteiger partial charge in [-0.05, 0) is 45.0 Å². The van der Waals surface area contributed by atoms with E-state index in [0.717, 1.165) is 18.8 Å². The number of carbonyl (C=O) groups excluding carboxylic acids is 2. The Morgan fingerprint density at radius 1 is 1.19 bits per heavy atom. The molecule has 5 heteroatoms. The van der Waals surface area contributed by atoms with Crippen LogP contribution in [0.15, 0.2) is 24.3 Å². The van der Waals surface area contributed by atoms with E-state index in [4.69, 9.17) is 4.74 Å². The van der Waals surface area contributed by atoms with Gasteiger partial charge in [0.2, 0.25) is 0 Å². The highest BCUT2D eigenvalue weighted by molar-refractivity contribution is 5.95. The number of benzene rings is 1. The molecule has 0 aliphatic carbocycles. The lowest BCUT2D eigenvalue weighted by molar-refractivity contribution is -0.907. The minimum atomic E-state index is -0.0122. The molecule has 21 heavy (non-hydrogen) atoms. The average Bonchev–Trinajstić information content (AvgIpc) is 2.37. The molecule has 0 unspecified atom stereocenters. The van der Waals surface area contributed by atoms with Gasteiger partial charge in [-0.25, -0.2) is 0 Å². The van der Waals surface area contributed by atoms with Crippen molar-refractivity contribution in [3.05, 3.63) is 29.8 Å². The first-order valence-corrected chi connectivity index (χ1v) is 7.34. The third-order valence-electron chi connectivity index (χ3n) is 3.60. The van der Waals surface area contributed by atoms with Crippen LogP contribution in [0.3, 0.4) is 0 Å². The summed E-state index contributed by atoms with van der Waals surface area (Å²) in [5.74, 6) is 0.00971. The van der Waals surface area contributed by atoms with E-state index in [1.807, 2.05) is 13.8 Å². The van der Waals surface area contributed by atoms with Gasteiger partial charge in [-0.1, -0.05) is 0 Å². The first-order valence-electron chi connectivity index (χ1n) is 7.34. The number of amides is 1. The summed E-state index contributed by atoms with van der Waals surface area (Å²) in [6, 6.07) is 6.97. The highest BCUT2D eigenvalue weighted by atomic mass is 16.5. The van der Waals surface area contributed by atoms with Gasteiger partial charge < -0.3 is 15.0 Å². The molecule has 1 fully saturated rings. The van der Waals surface area contributed by atoms with Gasteiger partial charge in [0.25, 0.3) is 5.91 Å². The summed E-state index contributed by atoms with van der Waals surface area (Å²) in [4.78, 5) is 24.5. The van der Waals surface area contributed by atoms with Crippen LogP contribution in [0.4, 0.5) is 5.69 Å². The number of ketones is 1. The summed E-state index contributed by atoms with van der Waals surface area (Å²) in [6.07, 6.45) is 0.373. The zero-order chi connectivity index (χ0) is 15.4. The third kappa shape index (κ3) is 4.65. The van der Waals surface area contributed by atoms with Crippen LogP contribution in [-0.4, -0.2) is 43.5 Å². The smallest absolute Gasteiger partial charge is 0.279 e. The van der Waals surface area contributed by atoms with E-state index in [0.29, 0.717) is 12.1 Å². The Bertz CT molecular complexity index is 503. The number of hydrogen-bond acceptors (Lipinski definition) is 3. The largest absolute Gasteiger partial charge is 0.364 e. The maximum atomic E-state index is 12.1. The lowest BCUT2D eigenvalue weighted by atomic mass is 10.1. The fraction of sp³-hybridized carbons (Fsp3) is 0.500. The molecule has 1 heterocycles. The van der Waals surface area contributed by atoms with Gasteiger partial charge in [-0.2, -0.15) is 0 Å². The van der Waals surface area contributed by atoms with Crippen molar-refractivity contribution < 1.29 is 19.2 Å². The number of quaternary nitrogens is 1. The summed E-state index contributed by atoms with van der Waals surface area (Å²) in [7, 11) is 0. The quantitative estimate of drug-likeness (QED) is 0.795. The van der Waals surface area contributed by atoms with Crippen molar-refractivity contribution >= 4 is 17.4 Å². The molecule has 1 amide bonds. The van der Waals surface area contributed by atoms with Crippen LogP contribution >= 0.6 is 0 Å². The van der Waals surface area contributed by atoms with E-state index in [9.17, 15) is 9.59 Å². The fourth-order valence-corrected chi connectivity index (χ4v) is 2.75.